The second kappa shape index (κ2) is 7.74. The first-order valence-electron chi connectivity index (χ1n) is 6.49. The molecule has 0 aliphatic rings. The minimum Gasteiger partial charge on any atom is -0.484 e. The Labute approximate surface area is 113 Å². The Morgan fingerprint density at radius 3 is 2.84 bits per heavy atom. The van der Waals surface area contributed by atoms with Crippen molar-refractivity contribution in [2.24, 2.45) is 5.73 Å². The molecule has 0 fully saturated rings. The Bertz CT molecular complexity index is 422. The summed E-state index contributed by atoms with van der Waals surface area (Å²) in [6.07, 6.45) is 1.95. The van der Waals surface area contributed by atoms with Crippen LogP contribution in [0.5, 0.6) is 5.75 Å². The number of carbonyl (C=O) groups is 1. The molecule has 106 valence electrons. The number of nitrogens with two attached hydrogens (primary N) is 1. The molecule has 3 N–H and O–H groups in total. The summed E-state index contributed by atoms with van der Waals surface area (Å²) in [7, 11) is 0. The van der Waals surface area contributed by atoms with Crippen molar-refractivity contribution in [1.29, 1.82) is 0 Å². The van der Waals surface area contributed by atoms with Gasteiger partial charge in [-0.1, -0.05) is 19.4 Å². The van der Waals surface area contributed by atoms with Crippen molar-refractivity contribution < 1.29 is 13.9 Å². The van der Waals surface area contributed by atoms with Gasteiger partial charge in [-0.25, -0.2) is 4.39 Å². The molecule has 0 aliphatic carbocycles. The van der Waals surface area contributed by atoms with Gasteiger partial charge in [-0.05, 0) is 19.4 Å². The second-order valence-corrected chi connectivity index (χ2v) is 4.46. The molecule has 4 nitrogen and oxygen atoms in total. The molecule has 0 saturated heterocycles. The summed E-state index contributed by atoms with van der Waals surface area (Å²) in [6, 6.07) is 4.06. The van der Waals surface area contributed by atoms with Crippen molar-refractivity contribution in [3.05, 3.63) is 29.6 Å². The first-order chi connectivity index (χ1) is 9.04. The maximum Gasteiger partial charge on any atom is 0.257 e. The van der Waals surface area contributed by atoms with Crippen LogP contribution < -0.4 is 15.8 Å². The number of hydrogen-bond acceptors (Lipinski definition) is 3. The molecule has 0 bridgehead atoms. The van der Waals surface area contributed by atoms with Crippen LogP contribution in [0.1, 0.15) is 38.3 Å². The van der Waals surface area contributed by atoms with E-state index in [4.69, 9.17) is 10.5 Å². The smallest absolute Gasteiger partial charge is 0.257 e. The van der Waals surface area contributed by atoms with E-state index in [0.717, 1.165) is 12.8 Å². The van der Waals surface area contributed by atoms with Gasteiger partial charge >= 0.3 is 0 Å². The summed E-state index contributed by atoms with van der Waals surface area (Å²) < 4.78 is 18.8. The molecular weight excluding hydrogens is 247 g/mol. The number of hydrogen-bond donors (Lipinski definition) is 2. The number of carbonyl (C=O) groups excluding carboxylic acids is 1. The van der Waals surface area contributed by atoms with Gasteiger partial charge in [-0.3, -0.25) is 4.79 Å². The van der Waals surface area contributed by atoms with Crippen LogP contribution in [0.15, 0.2) is 18.2 Å². The highest BCUT2D eigenvalue weighted by molar-refractivity contribution is 5.77. The summed E-state index contributed by atoms with van der Waals surface area (Å²) in [4.78, 5) is 11.4. The van der Waals surface area contributed by atoms with Crippen LogP contribution in [0.4, 0.5) is 4.39 Å². The molecule has 0 radical (unpaired) electrons. The topological polar surface area (TPSA) is 64.3 Å². The average Bonchev–Trinajstić information content (AvgIpc) is 2.36. The third-order valence-electron chi connectivity index (χ3n) is 2.68. The molecule has 0 aliphatic heterocycles. The third-order valence-corrected chi connectivity index (χ3v) is 2.68. The van der Waals surface area contributed by atoms with Gasteiger partial charge in [0, 0.05) is 24.2 Å². The van der Waals surface area contributed by atoms with Crippen LogP contribution in [-0.2, 0) is 4.79 Å². The summed E-state index contributed by atoms with van der Waals surface area (Å²) >= 11 is 0. The quantitative estimate of drug-likeness (QED) is 0.745. The Morgan fingerprint density at radius 1 is 1.53 bits per heavy atom. The lowest BCUT2D eigenvalue weighted by Gasteiger charge is -2.10. The first kappa shape index (κ1) is 15.4. The van der Waals surface area contributed by atoms with Crippen LogP contribution in [0.2, 0.25) is 0 Å². The van der Waals surface area contributed by atoms with Gasteiger partial charge in [0.05, 0.1) is 0 Å². The van der Waals surface area contributed by atoms with E-state index in [0.29, 0.717) is 17.9 Å². The van der Waals surface area contributed by atoms with Crippen molar-refractivity contribution in [3.63, 3.8) is 0 Å². The van der Waals surface area contributed by atoms with E-state index in [2.05, 4.69) is 5.32 Å². The van der Waals surface area contributed by atoms with Crippen LogP contribution in [0.3, 0.4) is 0 Å². The zero-order valence-electron chi connectivity index (χ0n) is 11.4. The minimum atomic E-state index is -0.418. The van der Waals surface area contributed by atoms with Crippen LogP contribution in [0.25, 0.3) is 0 Å². The van der Waals surface area contributed by atoms with E-state index in [1.807, 2.05) is 6.92 Å². The summed E-state index contributed by atoms with van der Waals surface area (Å²) in [5.41, 5.74) is 6.04. The number of ether oxygens (including phenoxy) is 1. The molecule has 0 aromatic heterocycles. The second-order valence-electron chi connectivity index (χ2n) is 4.46. The Kier molecular flexibility index (Phi) is 6.29. The predicted octanol–water partition coefficient (Wildman–Crippen LogP) is 2.14. The number of rotatable bonds is 7. The fourth-order valence-corrected chi connectivity index (χ4v) is 1.57. The maximum atomic E-state index is 13.6. The summed E-state index contributed by atoms with van der Waals surface area (Å²) in [5, 5.41) is 2.72. The van der Waals surface area contributed by atoms with Crippen molar-refractivity contribution in [2.75, 3.05) is 13.2 Å². The zero-order valence-corrected chi connectivity index (χ0v) is 11.4. The molecule has 0 unspecified atom stereocenters. The van der Waals surface area contributed by atoms with Crippen LogP contribution in [0, 0.1) is 5.82 Å². The molecular formula is C14H21FN2O2. The molecule has 1 amide bonds. The fourth-order valence-electron chi connectivity index (χ4n) is 1.57. The number of benzene rings is 1. The average molecular weight is 268 g/mol. The zero-order chi connectivity index (χ0) is 14.3. The van der Waals surface area contributed by atoms with Gasteiger partial charge < -0.3 is 15.8 Å². The van der Waals surface area contributed by atoms with Gasteiger partial charge in [0.1, 0.15) is 11.6 Å². The molecule has 1 atom stereocenters. The Hall–Kier alpha value is -1.62. The summed E-state index contributed by atoms with van der Waals surface area (Å²) in [6.45, 7) is 4.28. The van der Waals surface area contributed by atoms with E-state index in [1.165, 1.54) is 6.07 Å². The van der Waals surface area contributed by atoms with E-state index < -0.39 is 5.82 Å². The van der Waals surface area contributed by atoms with Gasteiger partial charge in [0.2, 0.25) is 0 Å². The predicted molar refractivity (Wildman–Crippen MR) is 72.4 cm³/mol. The largest absolute Gasteiger partial charge is 0.484 e. The van der Waals surface area contributed by atoms with Crippen molar-refractivity contribution >= 4 is 5.91 Å². The highest BCUT2D eigenvalue weighted by Gasteiger charge is 2.09. The van der Waals surface area contributed by atoms with Gasteiger partial charge in [0.25, 0.3) is 5.91 Å². The molecule has 0 spiro atoms. The lowest BCUT2D eigenvalue weighted by atomic mass is 10.1. The Balaban J connectivity index is 2.45. The molecule has 1 aromatic rings. The van der Waals surface area contributed by atoms with Crippen molar-refractivity contribution in [3.8, 4) is 5.75 Å². The molecule has 0 saturated carbocycles. The highest BCUT2D eigenvalue weighted by Crippen LogP contribution is 2.20. The fraction of sp³-hybridized carbons (Fsp3) is 0.500. The normalized spacial score (nSPS) is 12.0. The molecule has 1 rings (SSSR count). The highest BCUT2D eigenvalue weighted by atomic mass is 19.1. The molecule has 19 heavy (non-hydrogen) atoms. The van der Waals surface area contributed by atoms with E-state index in [-0.39, 0.29) is 18.6 Å². The molecule has 0 heterocycles. The number of amides is 1. The number of nitrogens with one attached hydrogen (secondary N) is 1. The van der Waals surface area contributed by atoms with Crippen molar-refractivity contribution in [2.45, 2.75) is 32.7 Å². The van der Waals surface area contributed by atoms with Crippen LogP contribution >= 0.6 is 0 Å². The Morgan fingerprint density at radius 2 is 2.26 bits per heavy atom. The summed E-state index contributed by atoms with van der Waals surface area (Å²) in [5.74, 6) is -0.295. The standard InChI is InChI=1S/C14H21FN2O2/c1-3-4-7-17-14(18)9-19-11-5-6-12(10(2)16)13(15)8-11/h5-6,8,10H,3-4,7,9,16H2,1-2H3,(H,17,18)/t10-/m0/s1. The third kappa shape index (κ3) is 5.26. The van der Waals surface area contributed by atoms with Gasteiger partial charge in [-0.15, -0.1) is 0 Å². The SMILES string of the molecule is CCCCNC(=O)COc1ccc([C@H](C)N)c(F)c1. The van der Waals surface area contributed by atoms with Crippen molar-refractivity contribution in [1.82, 2.24) is 5.32 Å². The number of unbranched alkanes of at least 4 members (excludes halogenated alkanes) is 1. The van der Waals surface area contributed by atoms with Gasteiger partial charge in [-0.2, -0.15) is 0 Å². The van der Waals surface area contributed by atoms with Crippen LogP contribution in [-0.4, -0.2) is 19.1 Å². The monoisotopic (exact) mass is 268 g/mol. The van der Waals surface area contributed by atoms with E-state index in [1.54, 1.807) is 19.1 Å². The molecule has 5 heteroatoms. The maximum absolute atomic E-state index is 13.6. The lowest BCUT2D eigenvalue weighted by Crippen LogP contribution is -2.29. The van der Waals surface area contributed by atoms with E-state index in [9.17, 15) is 9.18 Å². The lowest BCUT2D eigenvalue weighted by molar-refractivity contribution is -0.123. The first-order valence-corrected chi connectivity index (χ1v) is 6.49. The van der Waals surface area contributed by atoms with E-state index >= 15 is 0 Å². The minimum absolute atomic E-state index is 0.110. The molecule has 1 aromatic carbocycles. The van der Waals surface area contributed by atoms with Gasteiger partial charge in [0.15, 0.2) is 6.61 Å². The number of halogens is 1.